The summed E-state index contributed by atoms with van der Waals surface area (Å²) in [5.74, 6) is 0.139. The van der Waals surface area contributed by atoms with Crippen molar-refractivity contribution < 1.29 is 4.39 Å². The lowest BCUT2D eigenvalue weighted by atomic mass is 10.2. The first kappa shape index (κ1) is 9.25. The third-order valence-corrected chi connectivity index (χ3v) is 3.45. The van der Waals surface area contributed by atoms with Gasteiger partial charge in [-0.1, -0.05) is 17.7 Å². The Morgan fingerprint density at radius 3 is 2.85 bits per heavy atom. The Balaban J connectivity index is 2.83. The average molecular weight is 235 g/mol. The fourth-order valence-corrected chi connectivity index (χ4v) is 2.77. The molecule has 0 aliphatic carbocycles. The second kappa shape index (κ2) is 3.45. The summed E-state index contributed by atoms with van der Waals surface area (Å²) in [5.41, 5.74) is 0.926. The quantitative estimate of drug-likeness (QED) is 0.641. The van der Waals surface area contributed by atoms with Crippen molar-refractivity contribution in [2.75, 3.05) is 0 Å². The van der Waals surface area contributed by atoms with Gasteiger partial charge in [0.1, 0.15) is 5.82 Å². The minimum atomic E-state index is -0.244. The lowest BCUT2D eigenvalue weighted by Gasteiger charge is -1.97. The zero-order valence-corrected chi connectivity index (χ0v) is 8.81. The maximum atomic E-state index is 13.2. The van der Waals surface area contributed by atoms with Crippen LogP contribution in [0.25, 0.3) is 10.1 Å². The molecule has 4 heteroatoms. The van der Waals surface area contributed by atoms with Gasteiger partial charge in [0, 0.05) is 16.0 Å². The van der Waals surface area contributed by atoms with Gasteiger partial charge < -0.3 is 0 Å². The number of alkyl halides is 1. The summed E-state index contributed by atoms with van der Waals surface area (Å²) < 4.78 is 14.7. The smallest absolute Gasteiger partial charge is 0.131 e. The Hall–Kier alpha value is -0.310. The van der Waals surface area contributed by atoms with Crippen molar-refractivity contribution in [2.24, 2.45) is 0 Å². The molecule has 1 heterocycles. The van der Waals surface area contributed by atoms with E-state index in [1.165, 1.54) is 17.4 Å². The van der Waals surface area contributed by atoms with E-state index in [9.17, 15) is 4.39 Å². The average Bonchev–Trinajstić information content (AvgIpc) is 2.48. The lowest BCUT2D eigenvalue weighted by molar-refractivity contribution is 0.640. The van der Waals surface area contributed by atoms with Crippen molar-refractivity contribution in [1.82, 2.24) is 0 Å². The molecule has 0 spiro atoms. The molecule has 68 valence electrons. The van der Waals surface area contributed by atoms with Crippen LogP contribution >= 0.6 is 34.5 Å². The highest BCUT2D eigenvalue weighted by Gasteiger charge is 2.08. The van der Waals surface area contributed by atoms with Crippen LogP contribution in [0, 0.1) is 5.82 Å². The molecule has 0 amide bonds. The van der Waals surface area contributed by atoms with Crippen LogP contribution in [-0.2, 0) is 5.88 Å². The second-order valence-corrected chi connectivity index (χ2v) is 4.58. The molecule has 1 aromatic heterocycles. The van der Waals surface area contributed by atoms with E-state index in [1.54, 1.807) is 12.1 Å². The minimum Gasteiger partial charge on any atom is -0.206 e. The zero-order chi connectivity index (χ0) is 9.42. The highest BCUT2D eigenvalue weighted by Crippen LogP contribution is 2.34. The SMILES string of the molecule is Fc1ccc(CCl)c2sc(Cl)cc12. The summed E-state index contributed by atoms with van der Waals surface area (Å²) in [4.78, 5) is 0. The van der Waals surface area contributed by atoms with Gasteiger partial charge in [-0.15, -0.1) is 22.9 Å². The van der Waals surface area contributed by atoms with Crippen molar-refractivity contribution in [3.8, 4) is 0 Å². The van der Waals surface area contributed by atoms with E-state index in [0.29, 0.717) is 15.6 Å². The van der Waals surface area contributed by atoms with Gasteiger partial charge in [0.15, 0.2) is 0 Å². The van der Waals surface area contributed by atoms with E-state index in [0.717, 1.165) is 10.3 Å². The van der Waals surface area contributed by atoms with Gasteiger partial charge in [-0.2, -0.15) is 0 Å². The molecule has 0 radical (unpaired) electrons. The summed E-state index contributed by atoms with van der Waals surface area (Å²) >= 11 is 12.9. The number of fused-ring (bicyclic) bond motifs is 1. The van der Waals surface area contributed by atoms with Gasteiger partial charge in [0.25, 0.3) is 0 Å². The van der Waals surface area contributed by atoms with Crippen molar-refractivity contribution in [2.45, 2.75) is 5.88 Å². The Morgan fingerprint density at radius 2 is 2.15 bits per heavy atom. The number of hydrogen-bond acceptors (Lipinski definition) is 1. The maximum Gasteiger partial charge on any atom is 0.131 e. The van der Waals surface area contributed by atoms with Gasteiger partial charge in [0.2, 0.25) is 0 Å². The maximum absolute atomic E-state index is 13.2. The fourth-order valence-electron chi connectivity index (χ4n) is 1.22. The number of benzene rings is 1. The van der Waals surface area contributed by atoms with Crippen molar-refractivity contribution >= 4 is 44.6 Å². The van der Waals surface area contributed by atoms with E-state index >= 15 is 0 Å². The van der Waals surface area contributed by atoms with Crippen LogP contribution in [0.1, 0.15) is 5.56 Å². The van der Waals surface area contributed by atoms with Crippen LogP contribution < -0.4 is 0 Å². The molecule has 0 aliphatic rings. The van der Waals surface area contributed by atoms with Crippen molar-refractivity contribution in [3.63, 3.8) is 0 Å². The van der Waals surface area contributed by atoms with Gasteiger partial charge in [-0.25, -0.2) is 4.39 Å². The summed E-state index contributed by atoms with van der Waals surface area (Å²) in [5, 5.41) is 0.563. The summed E-state index contributed by atoms with van der Waals surface area (Å²) in [6, 6.07) is 4.74. The number of halogens is 3. The van der Waals surface area contributed by atoms with Gasteiger partial charge in [-0.3, -0.25) is 0 Å². The van der Waals surface area contributed by atoms with Gasteiger partial charge in [0.05, 0.1) is 4.34 Å². The highest BCUT2D eigenvalue weighted by atomic mass is 35.5. The summed E-state index contributed by atoms with van der Waals surface area (Å²) in [6.45, 7) is 0. The van der Waals surface area contributed by atoms with Crippen LogP contribution in [0.3, 0.4) is 0 Å². The largest absolute Gasteiger partial charge is 0.206 e. The topological polar surface area (TPSA) is 0 Å². The second-order valence-electron chi connectivity index (χ2n) is 2.63. The van der Waals surface area contributed by atoms with E-state index < -0.39 is 0 Å². The Bertz CT molecular complexity index is 450. The van der Waals surface area contributed by atoms with E-state index in [4.69, 9.17) is 23.2 Å². The highest BCUT2D eigenvalue weighted by molar-refractivity contribution is 7.22. The Labute approximate surface area is 88.9 Å². The molecular formula is C9H5Cl2FS. The molecule has 2 aromatic rings. The molecule has 0 N–H and O–H groups in total. The normalized spacial score (nSPS) is 11.0. The first-order chi connectivity index (χ1) is 6.22. The lowest BCUT2D eigenvalue weighted by Crippen LogP contribution is -1.80. The van der Waals surface area contributed by atoms with Crippen LogP contribution in [0.5, 0.6) is 0 Å². The van der Waals surface area contributed by atoms with Gasteiger partial charge in [-0.05, 0) is 17.7 Å². The third-order valence-electron chi connectivity index (χ3n) is 1.83. The molecule has 0 atom stereocenters. The molecule has 0 saturated carbocycles. The first-order valence-electron chi connectivity index (χ1n) is 3.65. The molecule has 1 aromatic carbocycles. The van der Waals surface area contributed by atoms with E-state index in [1.807, 2.05) is 0 Å². The van der Waals surface area contributed by atoms with Crippen LogP contribution in [0.4, 0.5) is 4.39 Å². The minimum absolute atomic E-state index is 0.244. The molecule has 13 heavy (non-hydrogen) atoms. The molecule has 0 nitrogen and oxygen atoms in total. The summed E-state index contributed by atoms with van der Waals surface area (Å²) in [7, 11) is 0. The number of thiophene rings is 1. The molecule has 2 rings (SSSR count). The zero-order valence-electron chi connectivity index (χ0n) is 6.48. The van der Waals surface area contributed by atoms with Gasteiger partial charge >= 0.3 is 0 Å². The predicted molar refractivity (Wildman–Crippen MR) is 56.4 cm³/mol. The third kappa shape index (κ3) is 1.54. The Morgan fingerprint density at radius 1 is 1.38 bits per heavy atom. The van der Waals surface area contributed by atoms with Crippen LogP contribution in [-0.4, -0.2) is 0 Å². The monoisotopic (exact) mass is 234 g/mol. The van der Waals surface area contributed by atoms with Crippen LogP contribution in [0.15, 0.2) is 18.2 Å². The first-order valence-corrected chi connectivity index (χ1v) is 5.37. The molecular weight excluding hydrogens is 230 g/mol. The predicted octanol–water partition coefficient (Wildman–Crippen LogP) is 4.43. The standard InChI is InChI=1S/C9H5Cl2FS/c10-4-5-1-2-7(12)6-3-8(11)13-9(5)6/h1-3H,4H2. The van der Waals surface area contributed by atoms with E-state index in [2.05, 4.69) is 0 Å². The molecule has 0 fully saturated rings. The van der Waals surface area contributed by atoms with Crippen molar-refractivity contribution in [1.29, 1.82) is 0 Å². The number of rotatable bonds is 1. The molecule has 0 aliphatic heterocycles. The molecule has 0 saturated heterocycles. The van der Waals surface area contributed by atoms with Crippen LogP contribution in [0.2, 0.25) is 4.34 Å². The molecule has 0 bridgehead atoms. The summed E-state index contributed by atoms with van der Waals surface area (Å²) in [6.07, 6.45) is 0. The fraction of sp³-hybridized carbons (Fsp3) is 0.111. The van der Waals surface area contributed by atoms with E-state index in [-0.39, 0.29) is 5.82 Å². The molecule has 0 unspecified atom stereocenters. The number of hydrogen-bond donors (Lipinski definition) is 0. The van der Waals surface area contributed by atoms with Crippen molar-refractivity contribution in [3.05, 3.63) is 33.9 Å². The Kier molecular flexibility index (Phi) is 2.45.